The Morgan fingerprint density at radius 3 is 2.30 bits per heavy atom. The maximum absolute atomic E-state index is 12.7. The summed E-state index contributed by atoms with van der Waals surface area (Å²) in [5, 5.41) is 20.7. The summed E-state index contributed by atoms with van der Waals surface area (Å²) in [6.45, 7) is 2.20. The van der Waals surface area contributed by atoms with Crippen molar-refractivity contribution in [1.29, 1.82) is 0 Å². The molecule has 144 valence electrons. The number of nitrogens with zero attached hydrogens (tertiary/aromatic N) is 3. The van der Waals surface area contributed by atoms with Crippen LogP contribution in [0.25, 0.3) is 0 Å². The Hall–Kier alpha value is -2.01. The van der Waals surface area contributed by atoms with E-state index in [4.69, 9.17) is 0 Å². The quantitative estimate of drug-likeness (QED) is 0.548. The molecule has 8 nitrogen and oxygen atoms in total. The van der Waals surface area contributed by atoms with Gasteiger partial charge in [0.15, 0.2) is 0 Å². The highest BCUT2D eigenvalue weighted by atomic mass is 79.9. The molecule has 1 N–H and O–H groups in total. The first-order chi connectivity index (χ1) is 12.8. The summed E-state index contributed by atoms with van der Waals surface area (Å²) in [5.41, 5.74) is 0.628. The Labute approximate surface area is 165 Å². The van der Waals surface area contributed by atoms with E-state index in [1.807, 2.05) is 6.07 Å². The van der Waals surface area contributed by atoms with Gasteiger partial charge in [0, 0.05) is 54.9 Å². The Balaban J connectivity index is 1.65. The second-order valence-corrected chi connectivity index (χ2v) is 9.06. The lowest BCUT2D eigenvalue weighted by Crippen LogP contribution is -2.48. The van der Waals surface area contributed by atoms with Gasteiger partial charge in [-0.15, -0.1) is 0 Å². The molecule has 0 atom stereocenters. The molecule has 0 radical (unpaired) electrons. The zero-order valence-corrected chi connectivity index (χ0v) is 16.7. The Morgan fingerprint density at radius 1 is 1.07 bits per heavy atom. The summed E-state index contributed by atoms with van der Waals surface area (Å²) in [6, 6.07) is 10.1. The van der Waals surface area contributed by atoms with Crippen molar-refractivity contribution in [2.75, 3.05) is 26.2 Å². The van der Waals surface area contributed by atoms with Crippen molar-refractivity contribution in [1.82, 2.24) is 9.21 Å². The fraction of sp³-hybridized carbons (Fsp3) is 0.294. The zero-order chi connectivity index (χ0) is 19.6. The molecular formula is C17H18BrN3O5S. The number of hydrogen-bond acceptors (Lipinski definition) is 6. The molecule has 0 saturated carbocycles. The second-order valence-electron chi connectivity index (χ2n) is 6.20. The van der Waals surface area contributed by atoms with Gasteiger partial charge in [-0.05, 0) is 30.3 Å². The predicted molar refractivity (Wildman–Crippen MR) is 103 cm³/mol. The number of phenolic OH excluding ortho intramolecular Hbond substituents is 1. The SMILES string of the molecule is O=[N+]([O-])c1ccc(S(=O)(=O)N2CCN(Cc3cc(Br)ccc3O)CC2)cc1. The van der Waals surface area contributed by atoms with Crippen molar-refractivity contribution in [3.63, 3.8) is 0 Å². The average Bonchev–Trinajstić information content (AvgIpc) is 2.65. The van der Waals surface area contributed by atoms with E-state index >= 15 is 0 Å². The number of hydrogen-bond donors (Lipinski definition) is 1. The zero-order valence-electron chi connectivity index (χ0n) is 14.3. The summed E-state index contributed by atoms with van der Waals surface area (Å²) in [4.78, 5) is 12.3. The van der Waals surface area contributed by atoms with Crippen LogP contribution in [0.4, 0.5) is 5.69 Å². The molecule has 0 bridgehead atoms. The van der Waals surface area contributed by atoms with Crippen molar-refractivity contribution in [3.8, 4) is 5.75 Å². The van der Waals surface area contributed by atoms with Crippen molar-refractivity contribution in [2.45, 2.75) is 11.4 Å². The molecule has 0 amide bonds. The standard InChI is InChI=1S/C17H18BrN3O5S/c18-14-1-6-17(22)13(11-14)12-19-7-9-20(10-8-19)27(25,26)16-4-2-15(3-5-16)21(23)24/h1-6,11,22H,7-10,12H2. The van der Waals surface area contributed by atoms with E-state index in [1.165, 1.54) is 28.6 Å². The molecule has 0 unspecified atom stereocenters. The van der Waals surface area contributed by atoms with E-state index < -0.39 is 14.9 Å². The normalized spacial score (nSPS) is 16.3. The van der Waals surface area contributed by atoms with E-state index in [2.05, 4.69) is 20.8 Å². The van der Waals surface area contributed by atoms with Gasteiger partial charge in [-0.25, -0.2) is 8.42 Å². The van der Waals surface area contributed by atoms with Gasteiger partial charge in [0.2, 0.25) is 10.0 Å². The molecule has 2 aromatic rings. The average molecular weight is 456 g/mol. The molecule has 1 fully saturated rings. The van der Waals surface area contributed by atoms with Crippen molar-refractivity contribution in [2.24, 2.45) is 0 Å². The molecule has 2 aromatic carbocycles. The highest BCUT2D eigenvalue weighted by Gasteiger charge is 2.29. The number of nitro benzene ring substituents is 1. The molecular weight excluding hydrogens is 438 g/mol. The van der Waals surface area contributed by atoms with Gasteiger partial charge in [0.1, 0.15) is 5.75 Å². The summed E-state index contributed by atoms with van der Waals surface area (Å²) in [7, 11) is -3.69. The molecule has 1 aliphatic rings. The monoisotopic (exact) mass is 455 g/mol. The highest BCUT2D eigenvalue weighted by molar-refractivity contribution is 9.10. The number of benzene rings is 2. The third kappa shape index (κ3) is 4.46. The molecule has 1 saturated heterocycles. The molecule has 1 aliphatic heterocycles. The number of sulfonamides is 1. The van der Waals surface area contributed by atoms with Crippen LogP contribution in [0.15, 0.2) is 51.8 Å². The smallest absolute Gasteiger partial charge is 0.269 e. The number of halogens is 1. The topological polar surface area (TPSA) is 104 Å². The molecule has 3 rings (SSSR count). The van der Waals surface area contributed by atoms with Crippen LogP contribution in [0.2, 0.25) is 0 Å². The van der Waals surface area contributed by atoms with E-state index in [0.29, 0.717) is 32.7 Å². The lowest BCUT2D eigenvalue weighted by molar-refractivity contribution is -0.384. The fourth-order valence-electron chi connectivity index (χ4n) is 2.94. The number of rotatable bonds is 5. The van der Waals surface area contributed by atoms with Gasteiger partial charge in [-0.2, -0.15) is 4.31 Å². The van der Waals surface area contributed by atoms with Crippen LogP contribution in [0.3, 0.4) is 0 Å². The highest BCUT2D eigenvalue weighted by Crippen LogP contribution is 2.25. The fourth-order valence-corrected chi connectivity index (χ4v) is 4.77. The van der Waals surface area contributed by atoms with Gasteiger partial charge in [0.25, 0.3) is 5.69 Å². The molecule has 10 heteroatoms. The van der Waals surface area contributed by atoms with Crippen LogP contribution in [0.5, 0.6) is 5.75 Å². The second kappa shape index (κ2) is 7.93. The van der Waals surface area contributed by atoms with Crippen molar-refractivity contribution in [3.05, 3.63) is 62.6 Å². The Bertz CT molecular complexity index is 942. The van der Waals surface area contributed by atoms with E-state index in [9.17, 15) is 23.6 Å². The maximum atomic E-state index is 12.7. The van der Waals surface area contributed by atoms with Gasteiger partial charge < -0.3 is 5.11 Å². The van der Waals surface area contributed by atoms with Crippen LogP contribution in [-0.2, 0) is 16.6 Å². The lowest BCUT2D eigenvalue weighted by atomic mass is 10.2. The molecule has 0 aromatic heterocycles. The number of phenols is 1. The third-order valence-corrected chi connectivity index (χ3v) is 6.86. The first kappa shape index (κ1) is 19.7. The molecule has 0 aliphatic carbocycles. The third-order valence-electron chi connectivity index (χ3n) is 4.45. The lowest BCUT2D eigenvalue weighted by Gasteiger charge is -2.34. The first-order valence-electron chi connectivity index (χ1n) is 8.22. The van der Waals surface area contributed by atoms with Crippen LogP contribution in [0.1, 0.15) is 5.56 Å². The minimum atomic E-state index is -3.69. The van der Waals surface area contributed by atoms with E-state index in [0.717, 1.165) is 10.0 Å². The first-order valence-corrected chi connectivity index (χ1v) is 10.4. The maximum Gasteiger partial charge on any atom is 0.269 e. The van der Waals surface area contributed by atoms with E-state index in [1.54, 1.807) is 12.1 Å². The molecule has 27 heavy (non-hydrogen) atoms. The number of piperazine rings is 1. The van der Waals surface area contributed by atoms with Crippen LogP contribution in [0, 0.1) is 10.1 Å². The van der Waals surface area contributed by atoms with Crippen molar-refractivity contribution < 1.29 is 18.4 Å². The summed E-state index contributed by atoms with van der Waals surface area (Å²) in [6.07, 6.45) is 0. The Kier molecular flexibility index (Phi) is 5.80. The minimum Gasteiger partial charge on any atom is -0.508 e. The Morgan fingerprint density at radius 2 is 1.70 bits per heavy atom. The number of aromatic hydroxyl groups is 1. The largest absolute Gasteiger partial charge is 0.508 e. The molecule has 1 heterocycles. The summed E-state index contributed by atoms with van der Waals surface area (Å²) in [5.74, 6) is 0.208. The van der Waals surface area contributed by atoms with Crippen LogP contribution < -0.4 is 0 Å². The molecule has 0 spiro atoms. The van der Waals surface area contributed by atoms with E-state index in [-0.39, 0.29) is 16.3 Å². The van der Waals surface area contributed by atoms with Crippen LogP contribution in [-0.4, -0.2) is 53.8 Å². The number of non-ortho nitro benzene ring substituents is 1. The van der Waals surface area contributed by atoms with Gasteiger partial charge in [-0.3, -0.25) is 15.0 Å². The van der Waals surface area contributed by atoms with Gasteiger partial charge in [-0.1, -0.05) is 15.9 Å². The summed E-state index contributed by atoms with van der Waals surface area (Å²) >= 11 is 3.38. The van der Waals surface area contributed by atoms with Gasteiger partial charge in [0.05, 0.1) is 9.82 Å². The van der Waals surface area contributed by atoms with Crippen LogP contribution >= 0.6 is 15.9 Å². The summed E-state index contributed by atoms with van der Waals surface area (Å²) < 4.78 is 27.7. The van der Waals surface area contributed by atoms with Crippen molar-refractivity contribution >= 4 is 31.6 Å². The minimum absolute atomic E-state index is 0.0474. The predicted octanol–water partition coefficient (Wildman–Crippen LogP) is 2.57. The number of nitro groups is 1. The van der Waals surface area contributed by atoms with Gasteiger partial charge >= 0.3 is 0 Å².